The summed E-state index contributed by atoms with van der Waals surface area (Å²) in [6, 6.07) is 20.1. The maximum atomic E-state index is 12.9. The van der Waals surface area contributed by atoms with Crippen molar-refractivity contribution < 1.29 is 4.79 Å². The monoisotopic (exact) mass is 305 g/mol. The van der Waals surface area contributed by atoms with Crippen LogP contribution in [0.3, 0.4) is 0 Å². The zero-order chi connectivity index (χ0) is 16.5. The summed E-state index contributed by atoms with van der Waals surface area (Å²) < 4.78 is 0. The van der Waals surface area contributed by atoms with E-state index in [1.54, 1.807) is 12.2 Å². The lowest BCUT2D eigenvalue weighted by Gasteiger charge is -2.25. The largest absolute Gasteiger partial charge is 0.334 e. The summed E-state index contributed by atoms with van der Waals surface area (Å²) in [5.41, 5.74) is 2.26. The van der Waals surface area contributed by atoms with Gasteiger partial charge in [0, 0.05) is 13.1 Å². The van der Waals surface area contributed by atoms with Crippen LogP contribution in [0.1, 0.15) is 11.1 Å². The first kappa shape index (κ1) is 16.8. The van der Waals surface area contributed by atoms with Gasteiger partial charge in [-0.2, -0.15) is 0 Å². The summed E-state index contributed by atoms with van der Waals surface area (Å²) >= 11 is 0. The Hall–Kier alpha value is -2.61. The smallest absolute Gasteiger partial charge is 0.230 e. The van der Waals surface area contributed by atoms with Crippen LogP contribution < -0.4 is 0 Å². The lowest BCUT2D eigenvalue weighted by molar-refractivity contribution is -0.134. The molecule has 0 fully saturated rings. The summed E-state index contributed by atoms with van der Waals surface area (Å²) in [5, 5.41) is 0. The fourth-order valence-electron chi connectivity index (χ4n) is 2.57. The molecule has 1 amide bonds. The summed E-state index contributed by atoms with van der Waals surface area (Å²) in [6.07, 6.45) is 4.19. The molecule has 0 heterocycles. The molecule has 2 aromatic carbocycles. The summed E-state index contributed by atoms with van der Waals surface area (Å²) in [6.45, 7) is 8.75. The molecular formula is C21H23NO. The lowest BCUT2D eigenvalue weighted by Crippen LogP contribution is -2.36. The van der Waals surface area contributed by atoms with Gasteiger partial charge in [-0.15, -0.1) is 13.2 Å². The SMILES string of the molecule is C=CCN(Cc1ccccc1)C(=O)[C@H](C=C)Cc1ccccc1. The number of nitrogens with zero attached hydrogens (tertiary/aromatic N) is 1. The van der Waals surface area contributed by atoms with E-state index in [0.717, 1.165) is 11.1 Å². The zero-order valence-corrected chi connectivity index (χ0v) is 13.4. The van der Waals surface area contributed by atoms with Crippen LogP contribution in [0.25, 0.3) is 0 Å². The van der Waals surface area contributed by atoms with Crippen LogP contribution in [0.4, 0.5) is 0 Å². The van der Waals surface area contributed by atoms with E-state index in [1.807, 2.05) is 65.6 Å². The third-order valence-electron chi connectivity index (χ3n) is 3.78. The van der Waals surface area contributed by atoms with Crippen LogP contribution in [-0.4, -0.2) is 17.4 Å². The van der Waals surface area contributed by atoms with Gasteiger partial charge in [-0.05, 0) is 17.5 Å². The van der Waals surface area contributed by atoms with Gasteiger partial charge in [0.05, 0.1) is 5.92 Å². The highest BCUT2D eigenvalue weighted by molar-refractivity contribution is 5.81. The summed E-state index contributed by atoms with van der Waals surface area (Å²) in [7, 11) is 0. The van der Waals surface area contributed by atoms with E-state index in [-0.39, 0.29) is 11.8 Å². The molecular weight excluding hydrogens is 282 g/mol. The fourth-order valence-corrected chi connectivity index (χ4v) is 2.57. The fraction of sp³-hybridized carbons (Fsp3) is 0.190. The molecule has 0 radical (unpaired) electrons. The minimum absolute atomic E-state index is 0.0904. The van der Waals surface area contributed by atoms with Gasteiger partial charge in [-0.1, -0.05) is 72.8 Å². The number of rotatable bonds is 8. The normalized spacial score (nSPS) is 11.5. The first-order valence-electron chi connectivity index (χ1n) is 7.84. The first-order chi connectivity index (χ1) is 11.2. The molecule has 0 aromatic heterocycles. The number of benzene rings is 2. The van der Waals surface area contributed by atoms with Gasteiger partial charge in [-0.3, -0.25) is 4.79 Å². The highest BCUT2D eigenvalue weighted by atomic mass is 16.2. The van der Waals surface area contributed by atoms with Crippen LogP contribution in [0.5, 0.6) is 0 Å². The minimum Gasteiger partial charge on any atom is -0.334 e. The van der Waals surface area contributed by atoms with E-state index in [9.17, 15) is 4.79 Å². The van der Waals surface area contributed by atoms with E-state index in [2.05, 4.69) is 13.2 Å². The van der Waals surface area contributed by atoms with Gasteiger partial charge in [0.25, 0.3) is 0 Å². The first-order valence-corrected chi connectivity index (χ1v) is 7.84. The van der Waals surface area contributed by atoms with Crippen molar-refractivity contribution in [3.63, 3.8) is 0 Å². The molecule has 118 valence electrons. The van der Waals surface area contributed by atoms with Gasteiger partial charge in [0.15, 0.2) is 0 Å². The Balaban J connectivity index is 2.11. The molecule has 1 atom stereocenters. The molecule has 23 heavy (non-hydrogen) atoms. The Morgan fingerprint density at radius 2 is 1.52 bits per heavy atom. The standard InChI is InChI=1S/C21H23NO/c1-3-15-22(17-19-13-9-6-10-14-19)21(23)20(4-2)16-18-11-7-5-8-12-18/h3-14,20H,1-2,15-17H2/t20-/m1/s1. The molecule has 0 aliphatic heterocycles. The number of carbonyl (C=O) groups excluding carboxylic acids is 1. The van der Waals surface area contributed by atoms with E-state index < -0.39 is 0 Å². The third-order valence-corrected chi connectivity index (χ3v) is 3.78. The summed E-state index contributed by atoms with van der Waals surface area (Å²) in [5.74, 6) is -0.131. The predicted octanol–water partition coefficient (Wildman–Crippen LogP) is 4.25. The minimum atomic E-state index is -0.221. The second-order valence-corrected chi connectivity index (χ2v) is 5.52. The molecule has 2 heteroatoms. The Bertz CT molecular complexity index is 633. The number of carbonyl (C=O) groups is 1. The van der Waals surface area contributed by atoms with Crippen LogP contribution in [0, 0.1) is 5.92 Å². The van der Waals surface area contributed by atoms with Gasteiger partial charge in [0.1, 0.15) is 0 Å². The number of hydrogen-bond acceptors (Lipinski definition) is 1. The van der Waals surface area contributed by atoms with Crippen molar-refractivity contribution >= 4 is 5.91 Å². The predicted molar refractivity (Wildman–Crippen MR) is 95.9 cm³/mol. The van der Waals surface area contributed by atoms with Crippen molar-refractivity contribution in [3.05, 3.63) is 97.1 Å². The van der Waals surface area contributed by atoms with Crippen LogP contribution in [-0.2, 0) is 17.8 Å². The van der Waals surface area contributed by atoms with E-state index in [0.29, 0.717) is 19.5 Å². The van der Waals surface area contributed by atoms with Gasteiger partial charge < -0.3 is 4.90 Å². The Kier molecular flexibility index (Phi) is 6.37. The molecule has 0 saturated carbocycles. The van der Waals surface area contributed by atoms with Crippen LogP contribution in [0.2, 0.25) is 0 Å². The van der Waals surface area contributed by atoms with Crippen LogP contribution in [0.15, 0.2) is 86.0 Å². The van der Waals surface area contributed by atoms with Gasteiger partial charge >= 0.3 is 0 Å². The Morgan fingerprint density at radius 3 is 2.04 bits per heavy atom. The van der Waals surface area contributed by atoms with Crippen molar-refractivity contribution in [2.24, 2.45) is 5.92 Å². The molecule has 0 saturated heterocycles. The molecule has 0 aliphatic carbocycles. The second-order valence-electron chi connectivity index (χ2n) is 5.52. The van der Waals surface area contributed by atoms with Gasteiger partial charge in [-0.25, -0.2) is 0 Å². The molecule has 0 aliphatic rings. The molecule has 0 N–H and O–H groups in total. The number of hydrogen-bond donors (Lipinski definition) is 0. The zero-order valence-electron chi connectivity index (χ0n) is 13.4. The third kappa shape index (κ3) is 4.96. The van der Waals surface area contributed by atoms with Crippen molar-refractivity contribution in [1.29, 1.82) is 0 Å². The summed E-state index contributed by atoms with van der Waals surface area (Å²) in [4.78, 5) is 14.7. The lowest BCUT2D eigenvalue weighted by atomic mass is 9.97. The number of amides is 1. The molecule has 0 unspecified atom stereocenters. The van der Waals surface area contributed by atoms with Crippen molar-refractivity contribution in [1.82, 2.24) is 4.90 Å². The highest BCUT2D eigenvalue weighted by Crippen LogP contribution is 2.15. The van der Waals surface area contributed by atoms with E-state index >= 15 is 0 Å². The Morgan fingerprint density at radius 1 is 0.957 bits per heavy atom. The van der Waals surface area contributed by atoms with Crippen LogP contribution >= 0.6 is 0 Å². The van der Waals surface area contributed by atoms with Crippen molar-refractivity contribution in [3.8, 4) is 0 Å². The average Bonchev–Trinajstić information content (AvgIpc) is 2.60. The molecule has 0 spiro atoms. The highest BCUT2D eigenvalue weighted by Gasteiger charge is 2.21. The molecule has 0 bridgehead atoms. The second kappa shape index (κ2) is 8.74. The molecule has 2 rings (SSSR count). The maximum Gasteiger partial charge on any atom is 0.230 e. The topological polar surface area (TPSA) is 20.3 Å². The average molecular weight is 305 g/mol. The molecule has 2 aromatic rings. The van der Waals surface area contributed by atoms with Crippen molar-refractivity contribution in [2.45, 2.75) is 13.0 Å². The maximum absolute atomic E-state index is 12.9. The van der Waals surface area contributed by atoms with E-state index in [1.165, 1.54) is 0 Å². The Labute approximate surface area is 138 Å². The van der Waals surface area contributed by atoms with Gasteiger partial charge in [0.2, 0.25) is 5.91 Å². The van der Waals surface area contributed by atoms with E-state index in [4.69, 9.17) is 0 Å². The quantitative estimate of drug-likeness (QED) is 0.668. The molecule has 2 nitrogen and oxygen atoms in total. The van der Waals surface area contributed by atoms with Crippen molar-refractivity contribution in [2.75, 3.05) is 6.54 Å².